The maximum Gasteiger partial charge on any atom is 0.0927 e. The first kappa shape index (κ1) is 10.1. The van der Waals surface area contributed by atoms with Gasteiger partial charge in [0.25, 0.3) is 0 Å². The van der Waals surface area contributed by atoms with Gasteiger partial charge in [-0.25, -0.2) is 0 Å². The third kappa shape index (κ3) is 1.72. The van der Waals surface area contributed by atoms with E-state index in [2.05, 4.69) is 30.7 Å². The number of fused-ring (bicyclic) bond motifs is 1. The summed E-state index contributed by atoms with van der Waals surface area (Å²) in [5, 5.41) is 0. The Hall–Kier alpha value is -1.44. The first-order chi connectivity index (χ1) is 7.09. The highest BCUT2D eigenvalue weighted by atomic mass is 14.8. The average Bonchev–Trinajstić information content (AvgIpc) is 2.16. The Labute approximate surface area is 90.4 Å². The van der Waals surface area contributed by atoms with Crippen molar-refractivity contribution in [3.8, 4) is 0 Å². The standard InChI is InChI=1S/C13H16N2/c1-8(2)12-9(3)7-14-11-6-5-10(4)15-13(11)12/h5-8H,1-4H3. The number of aryl methyl sites for hydroxylation is 2. The molecule has 0 atom stereocenters. The van der Waals surface area contributed by atoms with E-state index in [-0.39, 0.29) is 0 Å². The number of nitrogens with zero attached hydrogens (tertiary/aromatic N) is 2. The van der Waals surface area contributed by atoms with Crippen LogP contribution in [0.1, 0.15) is 36.6 Å². The summed E-state index contributed by atoms with van der Waals surface area (Å²) in [4.78, 5) is 9.00. The van der Waals surface area contributed by atoms with Crippen molar-refractivity contribution in [2.24, 2.45) is 0 Å². The van der Waals surface area contributed by atoms with Crippen LogP contribution in [-0.4, -0.2) is 9.97 Å². The molecule has 0 aliphatic rings. The molecule has 0 radical (unpaired) electrons. The van der Waals surface area contributed by atoms with Gasteiger partial charge in [-0.05, 0) is 43.0 Å². The second kappa shape index (κ2) is 3.61. The highest BCUT2D eigenvalue weighted by Crippen LogP contribution is 2.25. The fourth-order valence-corrected chi connectivity index (χ4v) is 2.00. The van der Waals surface area contributed by atoms with Crippen LogP contribution in [-0.2, 0) is 0 Å². The SMILES string of the molecule is Cc1ccc2ncc(C)c(C(C)C)c2n1. The molecule has 0 aliphatic heterocycles. The second-order valence-corrected chi connectivity index (χ2v) is 4.33. The van der Waals surface area contributed by atoms with Crippen molar-refractivity contribution in [3.05, 3.63) is 35.2 Å². The zero-order valence-corrected chi connectivity index (χ0v) is 9.70. The van der Waals surface area contributed by atoms with Gasteiger partial charge in [0.15, 0.2) is 0 Å². The van der Waals surface area contributed by atoms with Gasteiger partial charge in [-0.15, -0.1) is 0 Å². The van der Waals surface area contributed by atoms with Crippen molar-refractivity contribution in [1.82, 2.24) is 9.97 Å². The first-order valence-electron chi connectivity index (χ1n) is 5.32. The van der Waals surface area contributed by atoms with Gasteiger partial charge in [-0.2, -0.15) is 0 Å². The quantitative estimate of drug-likeness (QED) is 0.705. The third-order valence-corrected chi connectivity index (χ3v) is 2.67. The highest BCUT2D eigenvalue weighted by Gasteiger charge is 2.10. The molecule has 2 aromatic heterocycles. The zero-order chi connectivity index (χ0) is 11.0. The van der Waals surface area contributed by atoms with Gasteiger partial charge in [0.05, 0.1) is 11.0 Å². The van der Waals surface area contributed by atoms with Crippen LogP contribution in [0.15, 0.2) is 18.3 Å². The van der Waals surface area contributed by atoms with Gasteiger partial charge in [0.2, 0.25) is 0 Å². The van der Waals surface area contributed by atoms with Gasteiger partial charge >= 0.3 is 0 Å². The molecule has 0 aliphatic carbocycles. The lowest BCUT2D eigenvalue weighted by molar-refractivity contribution is 0.859. The first-order valence-corrected chi connectivity index (χ1v) is 5.32. The summed E-state index contributed by atoms with van der Waals surface area (Å²) in [6.07, 6.45) is 1.94. The molecular weight excluding hydrogens is 184 g/mol. The Kier molecular flexibility index (Phi) is 2.43. The van der Waals surface area contributed by atoms with E-state index in [0.29, 0.717) is 5.92 Å². The van der Waals surface area contributed by atoms with E-state index in [1.54, 1.807) is 0 Å². The molecule has 2 heterocycles. The fourth-order valence-electron chi connectivity index (χ4n) is 2.00. The van der Waals surface area contributed by atoms with E-state index < -0.39 is 0 Å². The average molecular weight is 200 g/mol. The third-order valence-electron chi connectivity index (χ3n) is 2.67. The molecule has 0 N–H and O–H groups in total. The Morgan fingerprint density at radius 3 is 2.53 bits per heavy atom. The molecule has 0 aromatic carbocycles. The summed E-state index contributed by atoms with van der Waals surface area (Å²) in [6.45, 7) is 8.52. The fraction of sp³-hybridized carbons (Fsp3) is 0.385. The Balaban J connectivity index is 2.84. The van der Waals surface area contributed by atoms with E-state index >= 15 is 0 Å². The minimum Gasteiger partial charge on any atom is -0.254 e. The van der Waals surface area contributed by atoms with Gasteiger partial charge in [-0.1, -0.05) is 13.8 Å². The minimum absolute atomic E-state index is 0.491. The lowest BCUT2D eigenvalue weighted by Crippen LogP contribution is -1.98. The van der Waals surface area contributed by atoms with E-state index in [4.69, 9.17) is 0 Å². The van der Waals surface area contributed by atoms with Gasteiger partial charge in [0, 0.05) is 11.9 Å². The molecule has 0 fully saturated rings. The smallest absolute Gasteiger partial charge is 0.0927 e. The molecule has 78 valence electrons. The monoisotopic (exact) mass is 200 g/mol. The molecule has 0 bridgehead atoms. The molecule has 2 heteroatoms. The number of aromatic nitrogens is 2. The molecule has 0 saturated heterocycles. The Morgan fingerprint density at radius 2 is 1.87 bits per heavy atom. The van der Waals surface area contributed by atoms with Crippen LogP contribution in [0, 0.1) is 13.8 Å². The van der Waals surface area contributed by atoms with Gasteiger partial charge in [0.1, 0.15) is 0 Å². The van der Waals surface area contributed by atoms with Crippen molar-refractivity contribution < 1.29 is 0 Å². The molecule has 0 amide bonds. The van der Waals surface area contributed by atoms with Crippen LogP contribution in [0.4, 0.5) is 0 Å². The molecule has 15 heavy (non-hydrogen) atoms. The molecular formula is C13H16N2. The Morgan fingerprint density at radius 1 is 1.13 bits per heavy atom. The maximum absolute atomic E-state index is 4.60. The predicted molar refractivity (Wildman–Crippen MR) is 63.1 cm³/mol. The summed E-state index contributed by atoms with van der Waals surface area (Å²) in [5.41, 5.74) is 5.66. The lowest BCUT2D eigenvalue weighted by atomic mass is 9.97. The summed E-state index contributed by atoms with van der Waals surface area (Å²) >= 11 is 0. The second-order valence-electron chi connectivity index (χ2n) is 4.33. The molecule has 2 rings (SSSR count). The van der Waals surface area contributed by atoms with Gasteiger partial charge in [-0.3, -0.25) is 9.97 Å². The molecule has 2 aromatic rings. The number of hydrogen-bond donors (Lipinski definition) is 0. The van der Waals surface area contributed by atoms with E-state index in [1.807, 2.05) is 25.3 Å². The Bertz CT molecular complexity index is 496. The maximum atomic E-state index is 4.60. The molecule has 2 nitrogen and oxygen atoms in total. The van der Waals surface area contributed by atoms with E-state index in [9.17, 15) is 0 Å². The van der Waals surface area contributed by atoms with Crippen molar-refractivity contribution in [1.29, 1.82) is 0 Å². The molecule has 0 saturated carbocycles. The molecule has 0 unspecified atom stereocenters. The van der Waals surface area contributed by atoms with Crippen molar-refractivity contribution >= 4 is 11.0 Å². The van der Waals surface area contributed by atoms with Crippen molar-refractivity contribution in [2.45, 2.75) is 33.6 Å². The van der Waals surface area contributed by atoms with Crippen molar-refractivity contribution in [3.63, 3.8) is 0 Å². The normalized spacial score (nSPS) is 11.3. The lowest BCUT2D eigenvalue weighted by Gasteiger charge is -2.12. The van der Waals surface area contributed by atoms with Crippen LogP contribution in [0.3, 0.4) is 0 Å². The predicted octanol–water partition coefficient (Wildman–Crippen LogP) is 3.37. The zero-order valence-electron chi connectivity index (χ0n) is 9.70. The van der Waals surface area contributed by atoms with Crippen LogP contribution in [0.5, 0.6) is 0 Å². The van der Waals surface area contributed by atoms with E-state index in [0.717, 1.165) is 16.7 Å². The highest BCUT2D eigenvalue weighted by molar-refractivity contribution is 5.79. The van der Waals surface area contributed by atoms with Gasteiger partial charge < -0.3 is 0 Å². The van der Waals surface area contributed by atoms with Crippen LogP contribution >= 0.6 is 0 Å². The number of pyridine rings is 2. The summed E-state index contributed by atoms with van der Waals surface area (Å²) < 4.78 is 0. The summed E-state index contributed by atoms with van der Waals surface area (Å²) in [5.74, 6) is 0.491. The van der Waals surface area contributed by atoms with Crippen LogP contribution in [0.25, 0.3) is 11.0 Å². The van der Waals surface area contributed by atoms with E-state index in [1.165, 1.54) is 11.1 Å². The topological polar surface area (TPSA) is 25.8 Å². The van der Waals surface area contributed by atoms with Crippen molar-refractivity contribution in [2.75, 3.05) is 0 Å². The molecule has 0 spiro atoms. The number of rotatable bonds is 1. The van der Waals surface area contributed by atoms with Crippen LogP contribution < -0.4 is 0 Å². The van der Waals surface area contributed by atoms with Crippen LogP contribution in [0.2, 0.25) is 0 Å². The largest absolute Gasteiger partial charge is 0.254 e. The summed E-state index contributed by atoms with van der Waals surface area (Å²) in [7, 11) is 0. The number of hydrogen-bond acceptors (Lipinski definition) is 2. The minimum atomic E-state index is 0.491. The summed E-state index contributed by atoms with van der Waals surface area (Å²) in [6, 6.07) is 4.05.